The first-order valence-corrected chi connectivity index (χ1v) is 14.2. The summed E-state index contributed by atoms with van der Waals surface area (Å²) in [5.41, 5.74) is 3.24. The zero-order valence-corrected chi connectivity index (χ0v) is 22.5. The smallest absolute Gasteiger partial charge is 0.393 e. The molecular formula is C29H31N2O6S+. The molecule has 0 radical (unpaired) electrons. The summed E-state index contributed by atoms with van der Waals surface area (Å²) in [7, 11) is -3.99. The molecule has 2 atom stereocenters. The number of ether oxygens (including phenoxy) is 2. The third-order valence-corrected chi connectivity index (χ3v) is 9.11. The van der Waals surface area contributed by atoms with E-state index in [2.05, 4.69) is 0 Å². The first-order chi connectivity index (χ1) is 18.2. The summed E-state index contributed by atoms with van der Waals surface area (Å²) in [6, 6.07) is 13.8. The lowest BCUT2D eigenvalue weighted by molar-refractivity contribution is -0.903. The van der Waals surface area contributed by atoms with Crippen molar-refractivity contribution in [1.29, 1.82) is 0 Å². The molecule has 9 heteroatoms. The van der Waals surface area contributed by atoms with E-state index in [1.54, 1.807) is 38.1 Å². The summed E-state index contributed by atoms with van der Waals surface area (Å²) in [5.74, 6) is -1.24. The van der Waals surface area contributed by atoms with Crippen LogP contribution in [0, 0.1) is 6.92 Å². The summed E-state index contributed by atoms with van der Waals surface area (Å²) in [6.45, 7) is 6.54. The Balaban J connectivity index is 1.76. The monoisotopic (exact) mass is 535 g/mol. The number of hydrogen-bond acceptors (Lipinski definition) is 6. The van der Waals surface area contributed by atoms with Gasteiger partial charge < -0.3 is 9.47 Å². The molecule has 8 nitrogen and oxygen atoms in total. The van der Waals surface area contributed by atoms with Gasteiger partial charge in [0.1, 0.15) is 12.2 Å². The van der Waals surface area contributed by atoms with Crippen LogP contribution in [0.5, 0.6) is 0 Å². The number of carbonyl (C=O) groups is 2. The van der Waals surface area contributed by atoms with Crippen LogP contribution in [0.1, 0.15) is 36.7 Å². The van der Waals surface area contributed by atoms with Gasteiger partial charge in [-0.05, 0) is 56.7 Å². The van der Waals surface area contributed by atoms with E-state index in [1.807, 2.05) is 43.3 Å². The Morgan fingerprint density at radius 3 is 2.47 bits per heavy atom. The molecule has 0 amide bonds. The van der Waals surface area contributed by atoms with E-state index in [0.29, 0.717) is 30.7 Å². The van der Waals surface area contributed by atoms with Crippen LogP contribution in [0.4, 0.5) is 0 Å². The van der Waals surface area contributed by atoms with E-state index < -0.39 is 28.0 Å². The largest absolute Gasteiger partial charge is 0.463 e. The second kappa shape index (κ2) is 9.89. The minimum Gasteiger partial charge on any atom is -0.463 e. The van der Waals surface area contributed by atoms with Gasteiger partial charge >= 0.3 is 11.9 Å². The number of aromatic nitrogens is 1. The molecule has 5 rings (SSSR count). The zero-order valence-electron chi connectivity index (χ0n) is 21.7. The highest BCUT2D eigenvalue weighted by Gasteiger charge is 2.53. The van der Waals surface area contributed by atoms with Crippen molar-refractivity contribution >= 4 is 32.9 Å². The topological polar surface area (TPSA) is 91.7 Å². The first-order valence-electron chi connectivity index (χ1n) is 12.8. The van der Waals surface area contributed by atoms with E-state index in [-0.39, 0.29) is 28.3 Å². The predicted octanol–water partition coefficient (Wildman–Crippen LogP) is 4.18. The summed E-state index contributed by atoms with van der Waals surface area (Å²) in [5, 5.41) is 0.864. The van der Waals surface area contributed by atoms with Crippen molar-refractivity contribution in [1.82, 2.24) is 3.97 Å². The number of carbonyl (C=O) groups excluding carboxylic acids is 2. The van der Waals surface area contributed by atoms with Crippen molar-refractivity contribution < 1.29 is 32.0 Å². The second-order valence-corrected chi connectivity index (χ2v) is 11.3. The molecule has 0 aliphatic carbocycles. The number of quaternary nitrogens is 1. The molecule has 2 aliphatic heterocycles. The van der Waals surface area contributed by atoms with Crippen LogP contribution in [0.3, 0.4) is 0 Å². The molecule has 0 N–H and O–H groups in total. The van der Waals surface area contributed by atoms with Gasteiger partial charge in [-0.15, -0.1) is 0 Å². The first kappa shape index (κ1) is 25.9. The molecule has 0 spiro atoms. The fourth-order valence-corrected chi connectivity index (χ4v) is 7.28. The fourth-order valence-electron chi connectivity index (χ4n) is 5.69. The van der Waals surface area contributed by atoms with Crippen LogP contribution in [0.15, 0.2) is 77.4 Å². The maximum Gasteiger partial charge on any atom is 0.393 e. The third-order valence-electron chi connectivity index (χ3n) is 7.36. The van der Waals surface area contributed by atoms with Crippen molar-refractivity contribution in [2.45, 2.75) is 38.1 Å². The Morgan fingerprint density at radius 2 is 1.76 bits per heavy atom. The molecule has 38 heavy (non-hydrogen) atoms. The fraction of sp³-hybridized carbons (Fsp3) is 0.310. The van der Waals surface area contributed by atoms with Gasteiger partial charge in [-0.1, -0.05) is 35.9 Å². The van der Waals surface area contributed by atoms with Crippen LogP contribution in [-0.4, -0.2) is 55.1 Å². The molecule has 0 saturated carbocycles. The van der Waals surface area contributed by atoms with Gasteiger partial charge in [-0.25, -0.2) is 22.0 Å². The number of para-hydroxylation sites is 1. The van der Waals surface area contributed by atoms with Gasteiger partial charge in [0.2, 0.25) is 5.70 Å². The maximum absolute atomic E-state index is 14.2. The van der Waals surface area contributed by atoms with E-state index in [9.17, 15) is 18.0 Å². The van der Waals surface area contributed by atoms with Crippen molar-refractivity contribution in [3.05, 3.63) is 89.3 Å². The van der Waals surface area contributed by atoms with E-state index in [0.717, 1.165) is 16.5 Å². The second-order valence-electron chi connectivity index (χ2n) is 9.53. The molecule has 0 bridgehead atoms. The molecule has 198 valence electrons. The quantitative estimate of drug-likeness (QED) is 0.195. The Morgan fingerprint density at radius 1 is 1.05 bits per heavy atom. The molecule has 2 unspecified atom stereocenters. The van der Waals surface area contributed by atoms with Gasteiger partial charge in [0, 0.05) is 11.8 Å². The van der Waals surface area contributed by atoms with Crippen LogP contribution >= 0.6 is 0 Å². The van der Waals surface area contributed by atoms with Gasteiger partial charge in [0.15, 0.2) is 6.04 Å². The summed E-state index contributed by atoms with van der Waals surface area (Å²) < 4.78 is 40.4. The molecule has 2 aromatic carbocycles. The molecule has 0 fully saturated rings. The highest BCUT2D eigenvalue weighted by molar-refractivity contribution is 7.90. The molecule has 1 aromatic heterocycles. The number of hydrogen-bond donors (Lipinski definition) is 0. The lowest BCUT2D eigenvalue weighted by Gasteiger charge is -2.43. The summed E-state index contributed by atoms with van der Waals surface area (Å²) in [6.07, 6.45) is 5.62. The number of esters is 2. The summed E-state index contributed by atoms with van der Waals surface area (Å²) >= 11 is 0. The highest BCUT2D eigenvalue weighted by atomic mass is 32.2. The van der Waals surface area contributed by atoms with Crippen molar-refractivity contribution in [2.24, 2.45) is 0 Å². The van der Waals surface area contributed by atoms with E-state index in [1.165, 1.54) is 10.0 Å². The average molecular weight is 536 g/mol. The summed E-state index contributed by atoms with van der Waals surface area (Å²) in [4.78, 5) is 26.0. The number of rotatable bonds is 7. The lowest BCUT2D eigenvalue weighted by atomic mass is 9.95. The minimum atomic E-state index is -3.99. The Kier molecular flexibility index (Phi) is 6.75. The van der Waals surface area contributed by atoms with Crippen molar-refractivity contribution in [2.75, 3.05) is 26.3 Å². The van der Waals surface area contributed by atoms with Gasteiger partial charge in [-0.3, -0.25) is 4.48 Å². The Labute approximate surface area is 222 Å². The van der Waals surface area contributed by atoms with Crippen LogP contribution in [0.2, 0.25) is 0 Å². The number of nitrogens with zero attached hydrogens (tertiary/aromatic N) is 2. The molecule has 3 aromatic rings. The Bertz CT molecular complexity index is 1580. The van der Waals surface area contributed by atoms with E-state index >= 15 is 0 Å². The minimum absolute atomic E-state index is 0.0599. The predicted molar refractivity (Wildman–Crippen MR) is 143 cm³/mol. The number of fused-ring (bicyclic) bond motifs is 5. The number of benzene rings is 2. The molecule has 3 heterocycles. The normalized spacial score (nSPS) is 20.7. The molecular weight excluding hydrogens is 504 g/mol. The highest BCUT2D eigenvalue weighted by Crippen LogP contribution is 2.48. The molecule has 2 aliphatic rings. The van der Waals surface area contributed by atoms with Crippen LogP contribution in [-0.2, 0) is 35.5 Å². The zero-order chi connectivity index (χ0) is 27.1. The van der Waals surface area contributed by atoms with Crippen molar-refractivity contribution in [3.8, 4) is 0 Å². The Hall–Kier alpha value is -3.69. The average Bonchev–Trinajstić information content (AvgIpc) is 3.48. The van der Waals surface area contributed by atoms with Crippen molar-refractivity contribution in [3.63, 3.8) is 0 Å². The van der Waals surface area contributed by atoms with Gasteiger partial charge in [0.25, 0.3) is 10.0 Å². The van der Waals surface area contributed by atoms with Gasteiger partial charge in [0.05, 0.1) is 36.2 Å². The van der Waals surface area contributed by atoms with Crippen LogP contribution < -0.4 is 0 Å². The number of aryl methyl sites for hydroxylation is 1. The lowest BCUT2D eigenvalue weighted by Crippen LogP contribution is -2.53. The van der Waals surface area contributed by atoms with Crippen LogP contribution in [0.25, 0.3) is 10.9 Å². The molecule has 0 saturated heterocycles. The standard InChI is InChI=1S/C29H31N2O6S/c1-4-36-27(32)19-26(29(33)37-5-2)31-17-8-11-25(31)28-23(16-18-31)22-9-6-7-10-24(22)30(28)38(34,35)21-14-12-20(3)13-15-21/h6-15,19,25H,4-5,16-18H2,1-3H3/q+1/b26-19+. The van der Waals surface area contributed by atoms with Gasteiger partial charge in [-0.2, -0.15) is 0 Å². The SMILES string of the molecule is CCOC(=O)/C=C(\C(=O)OCC)[N+]12CC=CC1c1c(c3ccccc3n1S(=O)(=O)c1ccc(C)cc1)CC2. The third kappa shape index (κ3) is 4.06. The maximum atomic E-state index is 14.2. The van der Waals surface area contributed by atoms with E-state index in [4.69, 9.17) is 9.47 Å².